The second kappa shape index (κ2) is 7.97. The molecular formula is C13H17BrF3NO2. The van der Waals surface area contributed by atoms with Crippen LogP contribution >= 0.6 is 15.9 Å². The Hall–Kier alpha value is -0.630. The maximum Gasteiger partial charge on any atom is 0.401 e. The SMILES string of the molecule is OCCN(CCC(O)c1ccccc1Br)CC(F)(F)F. The number of benzene rings is 1. The minimum absolute atomic E-state index is 0.0581. The third kappa shape index (κ3) is 6.21. The number of aliphatic hydroxyl groups excluding tert-OH is 2. The van der Waals surface area contributed by atoms with Crippen molar-refractivity contribution in [2.24, 2.45) is 0 Å². The van der Waals surface area contributed by atoms with E-state index in [0.29, 0.717) is 5.56 Å². The van der Waals surface area contributed by atoms with Gasteiger partial charge in [-0.05, 0) is 18.1 Å². The van der Waals surface area contributed by atoms with Crippen molar-refractivity contribution in [3.05, 3.63) is 34.3 Å². The number of aliphatic hydroxyl groups is 2. The summed E-state index contributed by atoms with van der Waals surface area (Å²) in [6.07, 6.45) is -4.99. The summed E-state index contributed by atoms with van der Waals surface area (Å²) in [4.78, 5) is 1.08. The van der Waals surface area contributed by atoms with Gasteiger partial charge >= 0.3 is 6.18 Å². The molecule has 2 N–H and O–H groups in total. The summed E-state index contributed by atoms with van der Waals surface area (Å²) in [6, 6.07) is 7.03. The van der Waals surface area contributed by atoms with Crippen LogP contribution in [0, 0.1) is 0 Å². The molecule has 3 nitrogen and oxygen atoms in total. The van der Waals surface area contributed by atoms with E-state index < -0.39 is 18.8 Å². The monoisotopic (exact) mass is 355 g/mol. The molecule has 0 amide bonds. The number of halogens is 4. The highest BCUT2D eigenvalue weighted by Gasteiger charge is 2.30. The lowest BCUT2D eigenvalue weighted by molar-refractivity contribution is -0.147. The van der Waals surface area contributed by atoms with Crippen LogP contribution in [0.25, 0.3) is 0 Å². The standard InChI is InChI=1S/C13H17BrF3NO2/c14-11-4-2-1-3-10(11)12(20)5-6-18(7-8-19)9-13(15,16)17/h1-4,12,19-20H,5-9H2. The number of nitrogens with zero attached hydrogens (tertiary/aromatic N) is 1. The Labute approximate surface area is 124 Å². The van der Waals surface area contributed by atoms with Gasteiger partial charge in [0.05, 0.1) is 19.3 Å². The lowest BCUT2D eigenvalue weighted by atomic mass is 10.1. The molecule has 0 heterocycles. The first-order valence-electron chi connectivity index (χ1n) is 6.16. The molecule has 0 radical (unpaired) electrons. The van der Waals surface area contributed by atoms with Crippen LogP contribution < -0.4 is 0 Å². The van der Waals surface area contributed by atoms with Crippen molar-refractivity contribution < 1.29 is 23.4 Å². The molecule has 20 heavy (non-hydrogen) atoms. The van der Waals surface area contributed by atoms with Crippen LogP contribution in [0.1, 0.15) is 18.1 Å². The van der Waals surface area contributed by atoms with Gasteiger partial charge in [0.1, 0.15) is 0 Å². The van der Waals surface area contributed by atoms with Crippen molar-refractivity contribution in [1.29, 1.82) is 0 Å². The third-order valence-electron chi connectivity index (χ3n) is 2.80. The first-order valence-corrected chi connectivity index (χ1v) is 6.95. The molecule has 0 saturated heterocycles. The Balaban J connectivity index is 2.56. The van der Waals surface area contributed by atoms with Crippen molar-refractivity contribution >= 4 is 15.9 Å². The zero-order valence-electron chi connectivity index (χ0n) is 10.8. The molecule has 1 aromatic rings. The molecule has 0 bridgehead atoms. The molecule has 1 aromatic carbocycles. The van der Waals surface area contributed by atoms with E-state index in [1.165, 1.54) is 0 Å². The predicted octanol–water partition coefficient (Wildman–Crippen LogP) is 2.73. The minimum atomic E-state index is -4.31. The largest absolute Gasteiger partial charge is 0.401 e. The van der Waals surface area contributed by atoms with E-state index in [9.17, 15) is 18.3 Å². The van der Waals surface area contributed by atoms with Crippen LogP contribution in [-0.2, 0) is 0 Å². The molecule has 0 aliphatic heterocycles. The van der Waals surface area contributed by atoms with Gasteiger partial charge in [0.25, 0.3) is 0 Å². The fraction of sp³-hybridized carbons (Fsp3) is 0.538. The summed E-state index contributed by atoms with van der Waals surface area (Å²) in [5.74, 6) is 0. The Bertz CT molecular complexity index is 415. The van der Waals surface area contributed by atoms with Gasteiger partial charge in [0, 0.05) is 17.6 Å². The smallest absolute Gasteiger partial charge is 0.395 e. The molecule has 0 spiro atoms. The normalized spacial score (nSPS) is 13.8. The van der Waals surface area contributed by atoms with Crippen LogP contribution in [0.15, 0.2) is 28.7 Å². The maximum atomic E-state index is 12.3. The predicted molar refractivity (Wildman–Crippen MR) is 73.3 cm³/mol. The molecule has 1 rings (SSSR count). The Morgan fingerprint density at radius 2 is 1.85 bits per heavy atom. The van der Waals surface area contributed by atoms with Gasteiger partial charge in [0.2, 0.25) is 0 Å². The molecule has 0 fully saturated rings. The second-order valence-electron chi connectivity index (χ2n) is 4.44. The molecule has 0 saturated carbocycles. The first-order chi connectivity index (χ1) is 9.33. The van der Waals surface area contributed by atoms with Crippen LogP contribution in [0.4, 0.5) is 13.2 Å². The van der Waals surface area contributed by atoms with E-state index in [1.807, 2.05) is 0 Å². The summed E-state index contributed by atoms with van der Waals surface area (Å²) in [7, 11) is 0. The van der Waals surface area contributed by atoms with Crippen molar-refractivity contribution in [3.8, 4) is 0 Å². The lowest BCUT2D eigenvalue weighted by Crippen LogP contribution is -2.37. The topological polar surface area (TPSA) is 43.7 Å². The van der Waals surface area contributed by atoms with Crippen LogP contribution in [0.2, 0.25) is 0 Å². The number of hydrogen-bond donors (Lipinski definition) is 2. The van der Waals surface area contributed by atoms with Gasteiger partial charge in [-0.15, -0.1) is 0 Å². The number of alkyl halides is 3. The zero-order valence-corrected chi connectivity index (χ0v) is 12.4. The van der Waals surface area contributed by atoms with E-state index in [4.69, 9.17) is 5.11 Å². The fourth-order valence-electron chi connectivity index (χ4n) is 1.87. The first kappa shape index (κ1) is 17.4. The van der Waals surface area contributed by atoms with Gasteiger partial charge in [-0.25, -0.2) is 0 Å². The molecule has 7 heteroatoms. The molecule has 0 aromatic heterocycles. The van der Waals surface area contributed by atoms with Crippen molar-refractivity contribution in [2.45, 2.75) is 18.7 Å². The summed E-state index contributed by atoms with van der Waals surface area (Å²) < 4.78 is 37.8. The Morgan fingerprint density at radius 3 is 2.40 bits per heavy atom. The highest BCUT2D eigenvalue weighted by atomic mass is 79.9. The Morgan fingerprint density at radius 1 is 1.20 bits per heavy atom. The highest BCUT2D eigenvalue weighted by molar-refractivity contribution is 9.10. The van der Waals surface area contributed by atoms with Crippen molar-refractivity contribution in [3.63, 3.8) is 0 Å². The quantitative estimate of drug-likeness (QED) is 0.790. The van der Waals surface area contributed by atoms with Crippen LogP contribution in [-0.4, -0.2) is 47.5 Å². The van der Waals surface area contributed by atoms with Gasteiger partial charge in [0.15, 0.2) is 0 Å². The maximum absolute atomic E-state index is 12.3. The number of hydrogen-bond acceptors (Lipinski definition) is 3. The van der Waals surface area contributed by atoms with Crippen molar-refractivity contribution in [2.75, 3.05) is 26.2 Å². The average molecular weight is 356 g/mol. The lowest BCUT2D eigenvalue weighted by Gasteiger charge is -2.24. The average Bonchev–Trinajstić information content (AvgIpc) is 2.34. The summed E-state index contributed by atoms with van der Waals surface area (Å²) in [6.45, 7) is -1.44. The van der Waals surface area contributed by atoms with E-state index in [0.717, 1.165) is 9.37 Å². The van der Waals surface area contributed by atoms with E-state index in [2.05, 4.69) is 15.9 Å². The molecule has 114 valence electrons. The molecular weight excluding hydrogens is 339 g/mol. The van der Waals surface area contributed by atoms with E-state index in [-0.39, 0.29) is 26.1 Å². The summed E-state index contributed by atoms with van der Waals surface area (Å²) in [5, 5.41) is 18.8. The molecule has 1 unspecified atom stereocenters. The molecule has 0 aliphatic carbocycles. The second-order valence-corrected chi connectivity index (χ2v) is 5.30. The van der Waals surface area contributed by atoms with Gasteiger partial charge < -0.3 is 10.2 Å². The van der Waals surface area contributed by atoms with Gasteiger partial charge in [-0.1, -0.05) is 34.1 Å². The van der Waals surface area contributed by atoms with E-state index in [1.54, 1.807) is 24.3 Å². The fourth-order valence-corrected chi connectivity index (χ4v) is 2.42. The third-order valence-corrected chi connectivity index (χ3v) is 3.52. The number of rotatable bonds is 7. The van der Waals surface area contributed by atoms with Crippen LogP contribution in [0.3, 0.4) is 0 Å². The van der Waals surface area contributed by atoms with Gasteiger partial charge in [-0.3, -0.25) is 4.90 Å². The van der Waals surface area contributed by atoms with E-state index >= 15 is 0 Å². The summed E-state index contributed by atoms with van der Waals surface area (Å²) in [5.41, 5.74) is 0.642. The van der Waals surface area contributed by atoms with Gasteiger partial charge in [-0.2, -0.15) is 13.2 Å². The van der Waals surface area contributed by atoms with Crippen LogP contribution in [0.5, 0.6) is 0 Å². The molecule has 1 atom stereocenters. The Kier molecular flexibility index (Phi) is 6.94. The minimum Gasteiger partial charge on any atom is -0.395 e. The molecule has 0 aliphatic rings. The zero-order chi connectivity index (χ0) is 15.2. The highest BCUT2D eigenvalue weighted by Crippen LogP contribution is 2.26. The summed E-state index contributed by atoms with van der Waals surface area (Å²) >= 11 is 3.29. The van der Waals surface area contributed by atoms with Crippen molar-refractivity contribution in [1.82, 2.24) is 4.90 Å².